The number of rotatable bonds is 10. The minimum absolute atomic E-state index is 0.0495. The Morgan fingerprint density at radius 2 is 2.16 bits per heavy atom. The number of ether oxygens (including phenoxy) is 2. The summed E-state index contributed by atoms with van der Waals surface area (Å²) in [5.74, 6) is -2.55. The Bertz CT molecular complexity index is 1020. The van der Waals surface area contributed by atoms with Gasteiger partial charge in [0, 0.05) is 34.0 Å². The van der Waals surface area contributed by atoms with Crippen LogP contribution in [0.5, 0.6) is 0 Å². The number of hydrogen-bond donors (Lipinski definition) is 1. The van der Waals surface area contributed by atoms with Gasteiger partial charge in [-0.05, 0) is 31.9 Å². The fraction of sp³-hybridized carbons (Fsp3) is 0.381. The molecule has 2 rings (SSSR count). The summed E-state index contributed by atoms with van der Waals surface area (Å²) in [7, 11) is 0. The molecule has 0 bridgehead atoms. The molecule has 1 N–H and O–H groups in total. The number of halogens is 1. The highest BCUT2D eigenvalue weighted by Crippen LogP contribution is 2.30. The van der Waals surface area contributed by atoms with Gasteiger partial charge in [0.25, 0.3) is 0 Å². The maximum Gasteiger partial charge on any atom is 0.341 e. The van der Waals surface area contributed by atoms with Crippen LogP contribution in [0.4, 0.5) is 4.39 Å². The van der Waals surface area contributed by atoms with Gasteiger partial charge in [-0.25, -0.2) is 9.18 Å². The fourth-order valence-electron chi connectivity index (χ4n) is 2.99. The Morgan fingerprint density at radius 3 is 2.81 bits per heavy atom. The summed E-state index contributed by atoms with van der Waals surface area (Å²) in [6.45, 7) is 2.77. The molecule has 1 aromatic rings. The molecular weight excluding hydrogens is 405 g/mol. The first-order valence-corrected chi connectivity index (χ1v) is 9.54. The number of nitrogens with zero attached hydrogens (tertiary/aromatic N) is 4. The van der Waals surface area contributed by atoms with E-state index >= 15 is 4.39 Å². The predicted molar refractivity (Wildman–Crippen MR) is 110 cm³/mol. The molecular formula is C21H22FN5O4. The van der Waals surface area contributed by atoms with Crippen molar-refractivity contribution in [3.63, 3.8) is 0 Å². The van der Waals surface area contributed by atoms with Crippen LogP contribution in [0.2, 0.25) is 0 Å². The van der Waals surface area contributed by atoms with Gasteiger partial charge in [-0.2, -0.15) is 5.26 Å². The van der Waals surface area contributed by atoms with Crippen LogP contribution < -0.4 is 5.32 Å². The highest BCUT2D eigenvalue weighted by molar-refractivity contribution is 6.01. The van der Waals surface area contributed by atoms with Gasteiger partial charge in [-0.15, -0.1) is 0 Å². The Morgan fingerprint density at radius 1 is 1.39 bits per heavy atom. The van der Waals surface area contributed by atoms with Crippen LogP contribution in [-0.2, 0) is 16.1 Å². The van der Waals surface area contributed by atoms with Gasteiger partial charge in [-0.1, -0.05) is 17.3 Å². The average Bonchev–Trinajstić information content (AvgIpc) is 2.73. The summed E-state index contributed by atoms with van der Waals surface area (Å²) in [4.78, 5) is 27.4. The van der Waals surface area contributed by atoms with Crippen molar-refractivity contribution in [3.8, 4) is 6.07 Å². The number of azide groups is 1. The van der Waals surface area contributed by atoms with Crippen LogP contribution >= 0.6 is 0 Å². The Balaban J connectivity index is 2.58. The van der Waals surface area contributed by atoms with E-state index in [1.165, 1.54) is 13.0 Å². The van der Waals surface area contributed by atoms with E-state index in [1.54, 1.807) is 0 Å². The van der Waals surface area contributed by atoms with Crippen molar-refractivity contribution in [2.24, 2.45) is 5.11 Å². The molecule has 31 heavy (non-hydrogen) atoms. The molecule has 0 saturated heterocycles. The molecule has 10 heteroatoms. The molecule has 1 aliphatic heterocycles. The topological polar surface area (TPSA) is 137 Å². The third-order valence-electron chi connectivity index (χ3n) is 4.42. The lowest BCUT2D eigenvalue weighted by molar-refractivity contribution is 0.0500. The number of nitriles is 1. The zero-order valence-corrected chi connectivity index (χ0v) is 17.3. The molecule has 0 saturated carbocycles. The minimum Gasteiger partial charge on any atom is -0.461 e. The first-order chi connectivity index (χ1) is 14.9. The van der Waals surface area contributed by atoms with E-state index < -0.39 is 23.1 Å². The summed E-state index contributed by atoms with van der Waals surface area (Å²) >= 11 is 0. The summed E-state index contributed by atoms with van der Waals surface area (Å²) in [5, 5.41) is 15.2. The normalized spacial score (nSPS) is 12.6. The molecule has 0 radical (unpaired) electrons. The minimum atomic E-state index is -1.00. The number of esters is 1. The van der Waals surface area contributed by atoms with Crippen molar-refractivity contribution in [3.05, 3.63) is 62.4 Å². The Kier molecular flexibility index (Phi) is 8.76. The van der Waals surface area contributed by atoms with E-state index in [1.807, 2.05) is 25.1 Å². The van der Waals surface area contributed by atoms with Gasteiger partial charge >= 0.3 is 5.97 Å². The standard InChI is InChI=1S/C21H22FN5O4/c1-13-5-3-6-18(26-13)16-11-15(14(2)28)20(22)19(21(29)31-9-4-7-23)17(16)12-30-10-8-25-27-24/h5-6,11,26H,3-4,8-10,12H2,1-2H3. The van der Waals surface area contributed by atoms with Crippen LogP contribution in [0.15, 0.2) is 29.0 Å². The van der Waals surface area contributed by atoms with Crippen molar-refractivity contribution >= 4 is 17.4 Å². The summed E-state index contributed by atoms with van der Waals surface area (Å²) < 4.78 is 25.8. The van der Waals surface area contributed by atoms with Crippen LogP contribution in [0.3, 0.4) is 0 Å². The molecule has 0 atom stereocenters. The van der Waals surface area contributed by atoms with E-state index in [4.69, 9.17) is 20.3 Å². The lowest BCUT2D eigenvalue weighted by Crippen LogP contribution is -2.21. The molecule has 1 heterocycles. The molecule has 0 spiro atoms. The lowest BCUT2D eigenvalue weighted by Gasteiger charge is -2.22. The van der Waals surface area contributed by atoms with Gasteiger partial charge in [0.1, 0.15) is 18.0 Å². The number of benzene rings is 1. The first-order valence-electron chi connectivity index (χ1n) is 9.54. The van der Waals surface area contributed by atoms with Crippen molar-refractivity contribution in [1.82, 2.24) is 5.32 Å². The van der Waals surface area contributed by atoms with Crippen LogP contribution in [0.25, 0.3) is 16.1 Å². The maximum atomic E-state index is 15.2. The second-order valence-corrected chi connectivity index (χ2v) is 6.61. The third-order valence-corrected chi connectivity index (χ3v) is 4.42. The number of allylic oxidation sites excluding steroid dienone is 3. The highest BCUT2D eigenvalue weighted by atomic mass is 19.1. The number of carbonyl (C=O) groups is 2. The zero-order valence-electron chi connectivity index (χ0n) is 17.3. The maximum absolute atomic E-state index is 15.2. The zero-order chi connectivity index (χ0) is 22.8. The van der Waals surface area contributed by atoms with Crippen molar-refractivity contribution in [2.45, 2.75) is 33.3 Å². The number of carbonyl (C=O) groups excluding carboxylic acids is 2. The van der Waals surface area contributed by atoms with E-state index in [0.717, 1.165) is 5.70 Å². The summed E-state index contributed by atoms with van der Waals surface area (Å²) in [6, 6.07) is 3.22. The van der Waals surface area contributed by atoms with Crippen molar-refractivity contribution in [2.75, 3.05) is 19.8 Å². The van der Waals surface area contributed by atoms with Crippen LogP contribution in [-0.4, -0.2) is 31.5 Å². The highest BCUT2D eigenvalue weighted by Gasteiger charge is 2.28. The van der Waals surface area contributed by atoms with Gasteiger partial charge in [-0.3, -0.25) is 4.79 Å². The van der Waals surface area contributed by atoms with Gasteiger partial charge in [0.15, 0.2) is 5.78 Å². The van der Waals surface area contributed by atoms with E-state index in [9.17, 15) is 9.59 Å². The fourth-order valence-corrected chi connectivity index (χ4v) is 2.99. The number of ketones is 1. The summed E-state index contributed by atoms with van der Waals surface area (Å²) in [5.41, 5.74) is 9.78. The average molecular weight is 427 g/mol. The van der Waals surface area contributed by atoms with Gasteiger partial charge in [0.05, 0.1) is 31.3 Å². The largest absolute Gasteiger partial charge is 0.461 e. The monoisotopic (exact) mass is 427 g/mol. The smallest absolute Gasteiger partial charge is 0.341 e. The molecule has 162 valence electrons. The lowest BCUT2D eigenvalue weighted by atomic mass is 9.92. The second-order valence-electron chi connectivity index (χ2n) is 6.61. The number of hydrogen-bond acceptors (Lipinski definition) is 7. The predicted octanol–water partition coefficient (Wildman–Crippen LogP) is 4.16. The number of nitrogens with one attached hydrogen (secondary N) is 1. The molecule has 0 unspecified atom stereocenters. The van der Waals surface area contributed by atoms with Gasteiger partial charge in [0.2, 0.25) is 0 Å². The molecule has 0 amide bonds. The summed E-state index contributed by atoms with van der Waals surface area (Å²) in [6.07, 6.45) is 4.35. The van der Waals surface area contributed by atoms with E-state index in [-0.39, 0.29) is 43.9 Å². The SMILES string of the molecule is CC(=O)c1cc(C2=CCC=C(C)N2)c(COCCN=[N+]=[N-])c(C(=O)OCCC#N)c1F. The Labute approximate surface area is 178 Å². The quantitative estimate of drug-likeness (QED) is 0.149. The Hall–Kier alpha value is -3.67. The molecule has 1 aliphatic rings. The molecule has 0 aliphatic carbocycles. The molecule has 9 nitrogen and oxygen atoms in total. The number of dihydropyridines is 1. The first kappa shape index (κ1) is 23.6. The van der Waals surface area contributed by atoms with Crippen molar-refractivity contribution in [1.29, 1.82) is 5.26 Å². The second kappa shape index (κ2) is 11.5. The molecule has 0 fully saturated rings. The number of Topliss-reactive ketones (excluding diaryl/α,β-unsaturated/α-hetero) is 1. The van der Waals surface area contributed by atoms with E-state index in [0.29, 0.717) is 17.7 Å². The third kappa shape index (κ3) is 6.15. The van der Waals surface area contributed by atoms with Crippen LogP contribution in [0.1, 0.15) is 58.5 Å². The van der Waals surface area contributed by atoms with Crippen molar-refractivity contribution < 1.29 is 23.5 Å². The molecule has 1 aromatic carbocycles. The van der Waals surface area contributed by atoms with Crippen LogP contribution in [0, 0.1) is 17.1 Å². The van der Waals surface area contributed by atoms with E-state index in [2.05, 4.69) is 15.3 Å². The molecule has 0 aromatic heterocycles. The van der Waals surface area contributed by atoms with Gasteiger partial charge < -0.3 is 14.8 Å².